The lowest BCUT2D eigenvalue weighted by Crippen LogP contribution is -2.58. The van der Waals surface area contributed by atoms with E-state index in [9.17, 15) is 0 Å². The van der Waals surface area contributed by atoms with Crippen LogP contribution in [-0.4, -0.2) is 48.1 Å². The van der Waals surface area contributed by atoms with Gasteiger partial charge in [0.15, 0.2) is 0 Å². The molecule has 0 amide bonds. The van der Waals surface area contributed by atoms with Gasteiger partial charge in [-0.25, -0.2) is 0 Å². The molecule has 0 spiro atoms. The minimum absolute atomic E-state index is 0.803. The molecule has 4 atom stereocenters. The predicted molar refractivity (Wildman–Crippen MR) is 85.9 cm³/mol. The summed E-state index contributed by atoms with van der Waals surface area (Å²) in [5.41, 5.74) is 0. The summed E-state index contributed by atoms with van der Waals surface area (Å²) in [6.07, 6.45) is 8.80. The summed E-state index contributed by atoms with van der Waals surface area (Å²) < 4.78 is 0. The lowest BCUT2D eigenvalue weighted by molar-refractivity contribution is 0.0133. The van der Waals surface area contributed by atoms with Crippen LogP contribution >= 0.6 is 0 Å². The lowest BCUT2D eigenvalue weighted by Gasteiger charge is -2.47. The molecule has 0 aromatic carbocycles. The van der Waals surface area contributed by atoms with Gasteiger partial charge in [0.1, 0.15) is 0 Å². The van der Waals surface area contributed by atoms with E-state index in [1.807, 2.05) is 0 Å². The van der Waals surface area contributed by atoms with Crippen LogP contribution in [0.3, 0.4) is 0 Å². The van der Waals surface area contributed by atoms with Crippen molar-refractivity contribution in [3.8, 4) is 0 Å². The quantitative estimate of drug-likeness (QED) is 0.778. The second-order valence-electron chi connectivity index (χ2n) is 8.19. The maximum absolute atomic E-state index is 2.89. The Hall–Kier alpha value is -0.0800. The molecule has 0 bridgehead atoms. The molecule has 2 saturated heterocycles. The van der Waals surface area contributed by atoms with Gasteiger partial charge in [0.25, 0.3) is 0 Å². The Morgan fingerprint density at radius 1 is 1.05 bits per heavy atom. The molecule has 3 rings (SSSR count). The van der Waals surface area contributed by atoms with Crippen molar-refractivity contribution >= 4 is 0 Å². The predicted octanol–water partition coefficient (Wildman–Crippen LogP) is 3.62. The van der Waals surface area contributed by atoms with E-state index >= 15 is 0 Å². The fourth-order valence-corrected chi connectivity index (χ4v) is 5.00. The van der Waals surface area contributed by atoms with Crippen LogP contribution in [0.1, 0.15) is 59.3 Å². The molecule has 2 heterocycles. The van der Waals surface area contributed by atoms with Crippen LogP contribution in [0.4, 0.5) is 0 Å². The molecule has 0 radical (unpaired) electrons. The molecule has 3 fully saturated rings. The number of hydrogen-bond donors (Lipinski definition) is 0. The summed E-state index contributed by atoms with van der Waals surface area (Å²) in [6.45, 7) is 12.8. The number of piperazine rings is 1. The van der Waals surface area contributed by atoms with E-state index < -0.39 is 0 Å². The van der Waals surface area contributed by atoms with Gasteiger partial charge in [0, 0.05) is 31.7 Å². The largest absolute Gasteiger partial charge is 0.298 e. The van der Waals surface area contributed by atoms with Gasteiger partial charge in [-0.3, -0.25) is 9.80 Å². The third kappa shape index (κ3) is 3.22. The van der Waals surface area contributed by atoms with Crippen molar-refractivity contribution in [2.75, 3.05) is 26.2 Å². The molecule has 2 nitrogen and oxygen atoms in total. The smallest absolute Gasteiger partial charge is 0.0247 e. The molecule has 0 aromatic heterocycles. The second kappa shape index (κ2) is 6.36. The van der Waals surface area contributed by atoms with Crippen molar-refractivity contribution in [2.45, 2.75) is 71.4 Å². The zero-order valence-electron chi connectivity index (χ0n) is 13.9. The SMILES string of the molecule is CC1CCCC(CN2CC3CCCN3CC2C(C)C)C1. The first-order valence-electron chi connectivity index (χ1n) is 9.11. The first kappa shape index (κ1) is 14.8. The van der Waals surface area contributed by atoms with Gasteiger partial charge in [0.05, 0.1) is 0 Å². The van der Waals surface area contributed by atoms with Crippen molar-refractivity contribution in [1.82, 2.24) is 9.80 Å². The number of hydrogen-bond acceptors (Lipinski definition) is 2. The van der Waals surface area contributed by atoms with Gasteiger partial charge in [0.2, 0.25) is 0 Å². The number of nitrogens with zero attached hydrogens (tertiary/aromatic N) is 2. The first-order chi connectivity index (χ1) is 9.63. The van der Waals surface area contributed by atoms with Gasteiger partial charge in [-0.1, -0.05) is 33.6 Å². The number of fused-ring (bicyclic) bond motifs is 1. The van der Waals surface area contributed by atoms with Crippen LogP contribution in [0.5, 0.6) is 0 Å². The molecule has 116 valence electrons. The van der Waals surface area contributed by atoms with E-state index in [1.54, 1.807) is 0 Å². The Kier molecular flexibility index (Phi) is 4.72. The third-order valence-electron chi connectivity index (χ3n) is 6.14. The minimum Gasteiger partial charge on any atom is -0.298 e. The summed E-state index contributed by atoms with van der Waals surface area (Å²) in [5.74, 6) is 2.75. The Balaban J connectivity index is 1.62. The first-order valence-corrected chi connectivity index (χ1v) is 9.11. The van der Waals surface area contributed by atoms with E-state index in [4.69, 9.17) is 0 Å². The van der Waals surface area contributed by atoms with Crippen molar-refractivity contribution in [3.05, 3.63) is 0 Å². The van der Waals surface area contributed by atoms with Crippen LogP contribution < -0.4 is 0 Å². The van der Waals surface area contributed by atoms with Gasteiger partial charge >= 0.3 is 0 Å². The highest BCUT2D eigenvalue weighted by Crippen LogP contribution is 2.33. The Morgan fingerprint density at radius 2 is 1.90 bits per heavy atom. The summed E-state index contributed by atoms with van der Waals surface area (Å²) >= 11 is 0. The van der Waals surface area contributed by atoms with Crippen molar-refractivity contribution < 1.29 is 0 Å². The highest BCUT2D eigenvalue weighted by atomic mass is 15.3. The van der Waals surface area contributed by atoms with Crippen molar-refractivity contribution in [2.24, 2.45) is 17.8 Å². The average molecular weight is 278 g/mol. The van der Waals surface area contributed by atoms with E-state index in [0.29, 0.717) is 0 Å². The van der Waals surface area contributed by atoms with E-state index in [1.165, 1.54) is 64.7 Å². The third-order valence-corrected chi connectivity index (χ3v) is 6.14. The lowest BCUT2D eigenvalue weighted by atomic mass is 9.81. The van der Waals surface area contributed by atoms with Crippen molar-refractivity contribution in [1.29, 1.82) is 0 Å². The molecular weight excluding hydrogens is 244 g/mol. The summed E-state index contributed by atoms with van der Waals surface area (Å²) in [5, 5.41) is 0. The second-order valence-corrected chi connectivity index (χ2v) is 8.19. The number of rotatable bonds is 3. The standard InChI is InChI=1S/C18H34N2/c1-14(2)18-13-19-9-5-8-17(19)12-20(18)11-16-7-4-6-15(3)10-16/h14-18H,4-13H2,1-3H3. The van der Waals surface area contributed by atoms with E-state index in [2.05, 4.69) is 30.6 Å². The highest BCUT2D eigenvalue weighted by Gasteiger charge is 2.38. The monoisotopic (exact) mass is 278 g/mol. The summed E-state index contributed by atoms with van der Waals surface area (Å²) in [7, 11) is 0. The average Bonchev–Trinajstić information content (AvgIpc) is 2.84. The maximum atomic E-state index is 2.89. The Morgan fingerprint density at radius 3 is 2.65 bits per heavy atom. The van der Waals surface area contributed by atoms with Crippen LogP contribution in [0.2, 0.25) is 0 Å². The maximum Gasteiger partial charge on any atom is 0.0247 e. The summed E-state index contributed by atoms with van der Waals surface area (Å²) in [4.78, 5) is 5.67. The molecule has 1 saturated carbocycles. The fourth-order valence-electron chi connectivity index (χ4n) is 5.00. The Labute approximate surface area is 125 Å². The highest BCUT2D eigenvalue weighted by molar-refractivity contribution is 4.94. The van der Waals surface area contributed by atoms with Gasteiger partial charge in [-0.15, -0.1) is 0 Å². The molecule has 4 unspecified atom stereocenters. The zero-order chi connectivity index (χ0) is 14.1. The molecule has 2 heteroatoms. The topological polar surface area (TPSA) is 6.48 Å². The molecule has 3 aliphatic rings. The van der Waals surface area contributed by atoms with Crippen LogP contribution in [0, 0.1) is 17.8 Å². The molecule has 0 N–H and O–H groups in total. The van der Waals surface area contributed by atoms with Crippen LogP contribution in [0.15, 0.2) is 0 Å². The van der Waals surface area contributed by atoms with Gasteiger partial charge in [-0.2, -0.15) is 0 Å². The molecule has 1 aliphatic carbocycles. The Bertz CT molecular complexity index is 315. The normalized spacial score (nSPS) is 40.2. The fraction of sp³-hybridized carbons (Fsp3) is 1.00. The van der Waals surface area contributed by atoms with Gasteiger partial charge in [-0.05, 0) is 50.0 Å². The van der Waals surface area contributed by atoms with Crippen molar-refractivity contribution in [3.63, 3.8) is 0 Å². The van der Waals surface area contributed by atoms with E-state index in [0.717, 1.165) is 29.8 Å². The minimum atomic E-state index is 0.803. The summed E-state index contributed by atoms with van der Waals surface area (Å²) in [6, 6.07) is 1.69. The molecular formula is C18H34N2. The van der Waals surface area contributed by atoms with E-state index in [-0.39, 0.29) is 0 Å². The van der Waals surface area contributed by atoms with Crippen LogP contribution in [0.25, 0.3) is 0 Å². The van der Waals surface area contributed by atoms with Crippen LogP contribution in [-0.2, 0) is 0 Å². The molecule has 20 heavy (non-hydrogen) atoms. The molecule has 0 aromatic rings. The molecule has 2 aliphatic heterocycles. The zero-order valence-corrected chi connectivity index (χ0v) is 13.9. The van der Waals surface area contributed by atoms with Gasteiger partial charge < -0.3 is 0 Å².